The molecule has 2 nitrogen and oxygen atoms in total. The maximum absolute atomic E-state index is 9.46. The van der Waals surface area contributed by atoms with Crippen molar-refractivity contribution in [3.8, 4) is 0 Å². The normalized spacial score (nSPS) is 25.4. The highest BCUT2D eigenvalue weighted by Gasteiger charge is 2.40. The Morgan fingerprint density at radius 1 is 1.00 bits per heavy atom. The lowest BCUT2D eigenvalue weighted by Crippen LogP contribution is -2.51. The van der Waals surface area contributed by atoms with E-state index in [0.29, 0.717) is 5.41 Å². The first kappa shape index (κ1) is 15.3. The van der Waals surface area contributed by atoms with Crippen molar-refractivity contribution in [2.75, 3.05) is 13.2 Å². The number of nitrogens with one attached hydrogen (secondary N) is 1. The van der Waals surface area contributed by atoms with E-state index in [1.165, 1.54) is 64.2 Å². The number of aliphatic hydroxyl groups excluding tert-OH is 1. The summed E-state index contributed by atoms with van der Waals surface area (Å²) in [6, 6.07) is 0. The minimum absolute atomic E-state index is 0.126. The lowest BCUT2D eigenvalue weighted by atomic mass is 9.61. The van der Waals surface area contributed by atoms with Crippen LogP contribution >= 0.6 is 0 Å². The first-order valence-electron chi connectivity index (χ1n) is 8.44. The highest BCUT2D eigenvalue weighted by atomic mass is 16.3. The number of hydrogen-bond donors (Lipinski definition) is 2. The van der Waals surface area contributed by atoms with E-state index in [9.17, 15) is 5.11 Å². The zero-order valence-corrected chi connectivity index (χ0v) is 13.0. The van der Waals surface area contributed by atoms with Crippen LogP contribution in [-0.4, -0.2) is 23.8 Å². The molecule has 2 aliphatic carbocycles. The van der Waals surface area contributed by atoms with Crippen LogP contribution in [0.2, 0.25) is 0 Å². The topological polar surface area (TPSA) is 32.3 Å². The molecule has 0 amide bonds. The number of hydrogen-bond acceptors (Lipinski definition) is 2. The van der Waals surface area contributed by atoms with Crippen molar-refractivity contribution in [2.45, 2.75) is 83.6 Å². The van der Waals surface area contributed by atoms with E-state index in [-0.39, 0.29) is 12.1 Å². The largest absolute Gasteiger partial charge is 0.394 e. The highest BCUT2D eigenvalue weighted by Crippen LogP contribution is 2.48. The third kappa shape index (κ3) is 3.95. The molecule has 0 saturated heterocycles. The molecule has 0 unspecified atom stereocenters. The minimum Gasteiger partial charge on any atom is -0.394 e. The molecule has 0 aliphatic heterocycles. The molecule has 0 atom stereocenters. The van der Waals surface area contributed by atoms with Gasteiger partial charge >= 0.3 is 0 Å². The molecule has 2 N–H and O–H groups in total. The Morgan fingerprint density at radius 2 is 1.58 bits per heavy atom. The van der Waals surface area contributed by atoms with E-state index in [0.717, 1.165) is 12.5 Å². The van der Waals surface area contributed by atoms with Gasteiger partial charge in [0.1, 0.15) is 0 Å². The molecule has 0 bridgehead atoms. The molecule has 0 spiro atoms. The molecular weight excluding hydrogens is 234 g/mol. The van der Waals surface area contributed by atoms with Gasteiger partial charge in [-0.25, -0.2) is 0 Å². The summed E-state index contributed by atoms with van der Waals surface area (Å²) in [5.41, 5.74) is 0.407. The van der Waals surface area contributed by atoms with E-state index in [1.807, 2.05) is 0 Å². The van der Waals surface area contributed by atoms with Gasteiger partial charge in [0.05, 0.1) is 6.61 Å². The predicted octanol–water partition coefficient (Wildman–Crippen LogP) is 3.88. The predicted molar refractivity (Wildman–Crippen MR) is 81.3 cm³/mol. The molecule has 2 aliphatic rings. The molecule has 0 aromatic heterocycles. The Bertz CT molecular complexity index is 262. The van der Waals surface area contributed by atoms with Gasteiger partial charge in [0.15, 0.2) is 0 Å². The summed E-state index contributed by atoms with van der Waals surface area (Å²) in [5, 5.41) is 13.1. The summed E-state index contributed by atoms with van der Waals surface area (Å²) < 4.78 is 0. The van der Waals surface area contributed by atoms with E-state index in [1.54, 1.807) is 0 Å². The van der Waals surface area contributed by atoms with Crippen LogP contribution in [0, 0.1) is 11.3 Å². The van der Waals surface area contributed by atoms with Crippen LogP contribution in [0.15, 0.2) is 0 Å². The smallest absolute Gasteiger partial charge is 0.0607 e. The van der Waals surface area contributed by atoms with E-state index < -0.39 is 0 Å². The molecule has 2 saturated carbocycles. The van der Waals surface area contributed by atoms with E-state index >= 15 is 0 Å². The van der Waals surface area contributed by atoms with Gasteiger partial charge in [-0.2, -0.15) is 0 Å². The second-order valence-electron chi connectivity index (χ2n) is 7.65. The summed E-state index contributed by atoms with van der Waals surface area (Å²) in [7, 11) is 0. The van der Waals surface area contributed by atoms with Crippen LogP contribution in [0.3, 0.4) is 0 Å². The maximum Gasteiger partial charge on any atom is 0.0607 e. The first-order chi connectivity index (χ1) is 9.08. The Hall–Kier alpha value is -0.0800. The standard InChI is InChI=1S/C17H33NO/c1-16(2,14-19)18-13-17(11-7-4-8-12-17)15-9-5-3-6-10-15/h15,18-19H,3-14H2,1-2H3. The van der Waals surface area contributed by atoms with Gasteiger partial charge in [-0.1, -0.05) is 38.5 Å². The van der Waals surface area contributed by atoms with Crippen molar-refractivity contribution in [1.29, 1.82) is 0 Å². The second-order valence-corrected chi connectivity index (χ2v) is 7.65. The highest BCUT2D eigenvalue weighted by molar-refractivity contribution is 4.94. The van der Waals surface area contributed by atoms with Gasteiger partial charge in [0.25, 0.3) is 0 Å². The van der Waals surface area contributed by atoms with Crippen LogP contribution in [-0.2, 0) is 0 Å². The third-order valence-corrected chi connectivity index (χ3v) is 5.63. The molecule has 19 heavy (non-hydrogen) atoms. The van der Waals surface area contributed by atoms with Crippen LogP contribution < -0.4 is 5.32 Å². The van der Waals surface area contributed by atoms with Gasteiger partial charge in [0.2, 0.25) is 0 Å². The molecule has 2 fully saturated rings. The third-order valence-electron chi connectivity index (χ3n) is 5.63. The zero-order valence-electron chi connectivity index (χ0n) is 13.0. The average molecular weight is 267 g/mol. The van der Waals surface area contributed by atoms with Gasteiger partial charge in [-0.3, -0.25) is 0 Å². The fraction of sp³-hybridized carbons (Fsp3) is 1.00. The number of rotatable bonds is 5. The van der Waals surface area contributed by atoms with Crippen molar-refractivity contribution in [2.24, 2.45) is 11.3 Å². The molecule has 2 rings (SSSR count). The summed E-state index contributed by atoms with van der Waals surface area (Å²) in [4.78, 5) is 0. The molecule has 2 heteroatoms. The minimum atomic E-state index is -0.126. The van der Waals surface area contributed by atoms with Gasteiger partial charge < -0.3 is 10.4 Å². The second kappa shape index (κ2) is 6.58. The molecular formula is C17H33NO. The SMILES string of the molecule is CC(C)(CO)NCC1(C2CCCCC2)CCCCC1. The molecule has 0 radical (unpaired) electrons. The van der Waals surface area contributed by atoms with Crippen molar-refractivity contribution in [3.63, 3.8) is 0 Å². The van der Waals surface area contributed by atoms with Gasteiger partial charge in [0, 0.05) is 12.1 Å². The fourth-order valence-corrected chi connectivity index (χ4v) is 4.17. The lowest BCUT2D eigenvalue weighted by Gasteiger charge is -2.47. The van der Waals surface area contributed by atoms with Crippen LogP contribution in [0.5, 0.6) is 0 Å². The Balaban J connectivity index is 2.01. The zero-order chi connectivity index (χ0) is 13.8. The molecule has 112 valence electrons. The molecule has 0 aromatic carbocycles. The Labute approximate surface area is 119 Å². The summed E-state index contributed by atoms with van der Waals surface area (Å²) >= 11 is 0. The van der Waals surface area contributed by atoms with E-state index in [4.69, 9.17) is 0 Å². The number of aliphatic hydroxyl groups is 1. The summed E-state index contributed by atoms with van der Waals surface area (Å²) in [5.74, 6) is 0.934. The van der Waals surface area contributed by atoms with Gasteiger partial charge in [-0.05, 0) is 50.9 Å². The first-order valence-corrected chi connectivity index (χ1v) is 8.44. The lowest BCUT2D eigenvalue weighted by molar-refractivity contribution is 0.0521. The Morgan fingerprint density at radius 3 is 2.16 bits per heavy atom. The average Bonchev–Trinajstić information content (AvgIpc) is 2.47. The van der Waals surface area contributed by atoms with Crippen LogP contribution in [0.25, 0.3) is 0 Å². The fourth-order valence-electron chi connectivity index (χ4n) is 4.17. The maximum atomic E-state index is 9.46. The van der Waals surface area contributed by atoms with Crippen molar-refractivity contribution in [1.82, 2.24) is 5.32 Å². The Kier molecular flexibility index (Phi) is 5.30. The quantitative estimate of drug-likeness (QED) is 0.792. The van der Waals surface area contributed by atoms with Crippen LogP contribution in [0.1, 0.15) is 78.1 Å². The molecule has 0 aromatic rings. The van der Waals surface area contributed by atoms with Crippen molar-refractivity contribution < 1.29 is 5.11 Å². The summed E-state index contributed by atoms with van der Waals surface area (Å²) in [6.07, 6.45) is 14.3. The van der Waals surface area contributed by atoms with E-state index in [2.05, 4.69) is 19.2 Å². The van der Waals surface area contributed by atoms with Crippen molar-refractivity contribution >= 4 is 0 Å². The summed E-state index contributed by atoms with van der Waals surface area (Å²) in [6.45, 7) is 5.58. The monoisotopic (exact) mass is 267 g/mol. The van der Waals surface area contributed by atoms with Crippen LogP contribution in [0.4, 0.5) is 0 Å². The molecule has 0 heterocycles. The van der Waals surface area contributed by atoms with Gasteiger partial charge in [-0.15, -0.1) is 0 Å². The van der Waals surface area contributed by atoms with Crippen molar-refractivity contribution in [3.05, 3.63) is 0 Å².